The number of carbonyl (C=O) groups is 1. The number of amides is 1. The summed E-state index contributed by atoms with van der Waals surface area (Å²) in [5, 5.41) is 14.9. The molecule has 0 radical (unpaired) electrons. The van der Waals surface area contributed by atoms with Crippen molar-refractivity contribution in [2.24, 2.45) is 0 Å². The summed E-state index contributed by atoms with van der Waals surface area (Å²) in [7, 11) is 0. The molecule has 2 heterocycles. The quantitative estimate of drug-likeness (QED) is 0.427. The van der Waals surface area contributed by atoms with E-state index in [1.54, 1.807) is 24.5 Å². The Kier molecular flexibility index (Phi) is 6.03. The standard InChI is InChI=1S/C24H23N5O2/c1-3-17(2)18-11-13-20(14-12-18)25-24(30)22(16-21-10-7-15-31-21)29-23(26-27-28-29)19-8-5-4-6-9-19/h4-17H,3H2,1-2H3,(H,25,30)/b22-16-/t17-/m0/s1. The summed E-state index contributed by atoms with van der Waals surface area (Å²) in [6.07, 6.45) is 4.22. The number of rotatable bonds is 7. The van der Waals surface area contributed by atoms with E-state index in [0.717, 1.165) is 12.0 Å². The average molecular weight is 413 g/mol. The van der Waals surface area contributed by atoms with Crippen LogP contribution in [0.25, 0.3) is 23.2 Å². The van der Waals surface area contributed by atoms with E-state index < -0.39 is 0 Å². The summed E-state index contributed by atoms with van der Waals surface area (Å²) in [4.78, 5) is 13.3. The van der Waals surface area contributed by atoms with Gasteiger partial charge in [-0.2, -0.15) is 4.68 Å². The Morgan fingerprint density at radius 3 is 2.55 bits per heavy atom. The van der Waals surface area contributed by atoms with Crippen molar-refractivity contribution in [2.45, 2.75) is 26.2 Å². The normalized spacial score (nSPS) is 12.5. The maximum absolute atomic E-state index is 13.3. The fourth-order valence-electron chi connectivity index (χ4n) is 3.17. The van der Waals surface area contributed by atoms with Gasteiger partial charge in [0.2, 0.25) is 0 Å². The Morgan fingerprint density at radius 1 is 1.10 bits per heavy atom. The van der Waals surface area contributed by atoms with E-state index in [4.69, 9.17) is 4.42 Å². The van der Waals surface area contributed by atoms with Gasteiger partial charge in [0.25, 0.3) is 5.91 Å². The van der Waals surface area contributed by atoms with E-state index >= 15 is 0 Å². The van der Waals surface area contributed by atoms with Crippen LogP contribution in [0.1, 0.15) is 37.5 Å². The highest BCUT2D eigenvalue weighted by Crippen LogP contribution is 2.23. The molecule has 0 aliphatic rings. The molecule has 4 aromatic rings. The minimum Gasteiger partial charge on any atom is -0.465 e. The number of nitrogens with one attached hydrogen (secondary N) is 1. The largest absolute Gasteiger partial charge is 0.465 e. The van der Waals surface area contributed by atoms with Gasteiger partial charge >= 0.3 is 0 Å². The van der Waals surface area contributed by atoms with Gasteiger partial charge in [-0.15, -0.1) is 5.10 Å². The molecule has 2 aromatic carbocycles. The van der Waals surface area contributed by atoms with E-state index in [1.165, 1.54) is 10.2 Å². The molecule has 2 aromatic heterocycles. The fraction of sp³-hybridized carbons (Fsp3) is 0.167. The second-order valence-electron chi connectivity index (χ2n) is 7.21. The van der Waals surface area contributed by atoms with Gasteiger partial charge in [-0.1, -0.05) is 56.3 Å². The van der Waals surface area contributed by atoms with Crippen molar-refractivity contribution in [2.75, 3.05) is 5.32 Å². The van der Waals surface area contributed by atoms with Gasteiger partial charge in [0.05, 0.1) is 6.26 Å². The molecule has 1 atom stereocenters. The molecule has 0 spiro atoms. The lowest BCUT2D eigenvalue weighted by Crippen LogP contribution is -2.19. The maximum atomic E-state index is 13.3. The van der Waals surface area contributed by atoms with Crippen molar-refractivity contribution in [3.8, 4) is 11.4 Å². The summed E-state index contributed by atoms with van der Waals surface area (Å²) in [6, 6.07) is 20.9. The summed E-state index contributed by atoms with van der Waals surface area (Å²) in [5.41, 5.74) is 2.96. The van der Waals surface area contributed by atoms with Crippen molar-refractivity contribution in [3.63, 3.8) is 0 Å². The van der Waals surface area contributed by atoms with Crippen LogP contribution < -0.4 is 5.32 Å². The first kappa shape index (κ1) is 20.3. The topological polar surface area (TPSA) is 85.8 Å². The Bertz CT molecular complexity index is 1160. The molecule has 1 N–H and O–H groups in total. The van der Waals surface area contributed by atoms with E-state index in [2.05, 4.69) is 34.7 Å². The van der Waals surface area contributed by atoms with Crippen LogP contribution in [0.4, 0.5) is 5.69 Å². The van der Waals surface area contributed by atoms with Crippen molar-refractivity contribution >= 4 is 23.4 Å². The van der Waals surface area contributed by atoms with Crippen LogP contribution in [-0.4, -0.2) is 26.1 Å². The molecule has 156 valence electrons. The van der Waals surface area contributed by atoms with Gasteiger partial charge in [0, 0.05) is 17.3 Å². The van der Waals surface area contributed by atoms with Gasteiger partial charge in [0.1, 0.15) is 11.5 Å². The number of hydrogen-bond acceptors (Lipinski definition) is 5. The molecule has 0 aliphatic carbocycles. The first-order valence-corrected chi connectivity index (χ1v) is 10.2. The molecule has 0 bridgehead atoms. The predicted molar refractivity (Wildman–Crippen MR) is 120 cm³/mol. The minimum atomic E-state index is -0.350. The molecule has 0 unspecified atom stereocenters. The van der Waals surface area contributed by atoms with Crippen molar-refractivity contribution in [3.05, 3.63) is 84.3 Å². The van der Waals surface area contributed by atoms with Crippen LogP contribution >= 0.6 is 0 Å². The average Bonchev–Trinajstić information content (AvgIpc) is 3.50. The third-order valence-electron chi connectivity index (χ3n) is 5.13. The van der Waals surface area contributed by atoms with E-state index in [9.17, 15) is 4.79 Å². The molecule has 31 heavy (non-hydrogen) atoms. The van der Waals surface area contributed by atoms with Gasteiger partial charge in [-0.3, -0.25) is 4.79 Å². The Balaban J connectivity index is 1.67. The third-order valence-corrected chi connectivity index (χ3v) is 5.13. The van der Waals surface area contributed by atoms with Crippen LogP contribution in [0.2, 0.25) is 0 Å². The molecular formula is C24H23N5O2. The highest BCUT2D eigenvalue weighted by Gasteiger charge is 2.20. The first-order chi connectivity index (χ1) is 15.2. The highest BCUT2D eigenvalue weighted by molar-refractivity contribution is 6.24. The second kappa shape index (κ2) is 9.21. The van der Waals surface area contributed by atoms with Crippen molar-refractivity contribution in [1.82, 2.24) is 20.2 Å². The number of tetrazole rings is 1. The monoisotopic (exact) mass is 413 g/mol. The summed E-state index contributed by atoms with van der Waals surface area (Å²) >= 11 is 0. The van der Waals surface area contributed by atoms with Crippen LogP contribution in [0.15, 0.2) is 77.4 Å². The molecule has 0 saturated carbocycles. The minimum absolute atomic E-state index is 0.241. The van der Waals surface area contributed by atoms with Crippen molar-refractivity contribution in [1.29, 1.82) is 0 Å². The summed E-state index contributed by atoms with van der Waals surface area (Å²) in [6.45, 7) is 4.34. The number of hydrogen-bond donors (Lipinski definition) is 1. The molecule has 0 saturated heterocycles. The van der Waals surface area contributed by atoms with Crippen LogP contribution in [-0.2, 0) is 4.79 Å². The highest BCUT2D eigenvalue weighted by atomic mass is 16.3. The zero-order chi connectivity index (χ0) is 21.6. The van der Waals surface area contributed by atoms with Gasteiger partial charge < -0.3 is 9.73 Å². The molecule has 1 amide bonds. The molecule has 0 fully saturated rings. The van der Waals surface area contributed by atoms with E-state index in [0.29, 0.717) is 23.2 Å². The first-order valence-electron chi connectivity index (χ1n) is 10.2. The second-order valence-corrected chi connectivity index (χ2v) is 7.21. The number of furan rings is 1. The Labute approximate surface area is 180 Å². The Hall–Kier alpha value is -4.00. The SMILES string of the molecule is CC[C@H](C)c1ccc(NC(=O)/C(=C/c2ccco2)n2nnnc2-c2ccccc2)cc1. The molecule has 0 aliphatic heterocycles. The summed E-state index contributed by atoms with van der Waals surface area (Å²) < 4.78 is 6.84. The third kappa shape index (κ3) is 4.61. The molecular weight excluding hydrogens is 390 g/mol. The number of benzene rings is 2. The zero-order valence-electron chi connectivity index (χ0n) is 17.4. The maximum Gasteiger partial charge on any atom is 0.274 e. The summed E-state index contributed by atoms with van der Waals surface area (Å²) in [5.74, 6) is 1.10. The number of aromatic nitrogens is 4. The number of anilines is 1. The molecule has 7 heteroatoms. The Morgan fingerprint density at radius 2 is 1.87 bits per heavy atom. The number of carbonyl (C=O) groups excluding carboxylic acids is 1. The van der Waals surface area contributed by atoms with Gasteiger partial charge in [0.15, 0.2) is 5.82 Å². The molecule has 4 rings (SSSR count). The smallest absolute Gasteiger partial charge is 0.274 e. The van der Waals surface area contributed by atoms with E-state index in [1.807, 2.05) is 54.6 Å². The lowest BCUT2D eigenvalue weighted by Gasteiger charge is -2.12. The lowest BCUT2D eigenvalue weighted by atomic mass is 9.99. The van der Waals surface area contributed by atoms with E-state index in [-0.39, 0.29) is 11.6 Å². The fourth-order valence-corrected chi connectivity index (χ4v) is 3.17. The van der Waals surface area contributed by atoms with Crippen LogP contribution in [0, 0.1) is 0 Å². The van der Waals surface area contributed by atoms with Gasteiger partial charge in [-0.05, 0) is 52.6 Å². The molecule has 7 nitrogen and oxygen atoms in total. The lowest BCUT2D eigenvalue weighted by molar-refractivity contribution is -0.111. The van der Waals surface area contributed by atoms with Crippen LogP contribution in [0.5, 0.6) is 0 Å². The number of nitrogens with zero attached hydrogens (tertiary/aromatic N) is 4. The zero-order valence-corrected chi connectivity index (χ0v) is 17.4. The predicted octanol–water partition coefficient (Wildman–Crippen LogP) is 5.08. The van der Waals surface area contributed by atoms with Gasteiger partial charge in [-0.25, -0.2) is 0 Å². The van der Waals surface area contributed by atoms with Crippen molar-refractivity contribution < 1.29 is 9.21 Å². The van der Waals surface area contributed by atoms with Crippen LogP contribution in [0.3, 0.4) is 0 Å².